The van der Waals surface area contributed by atoms with Crippen molar-refractivity contribution in [1.82, 2.24) is 9.80 Å². The van der Waals surface area contributed by atoms with E-state index in [-0.39, 0.29) is 11.7 Å². The summed E-state index contributed by atoms with van der Waals surface area (Å²) in [4.78, 5) is 26.6. The molecule has 5 nitrogen and oxygen atoms in total. The Hall–Kier alpha value is -1.88. The fourth-order valence-electron chi connectivity index (χ4n) is 2.36. The first kappa shape index (κ1) is 14.5. The number of amides is 1. The molecule has 0 spiro atoms. The Morgan fingerprint density at radius 3 is 2.50 bits per heavy atom. The molecule has 108 valence electrons. The van der Waals surface area contributed by atoms with Gasteiger partial charge < -0.3 is 9.64 Å². The number of carbonyl (C=O) groups is 2. The summed E-state index contributed by atoms with van der Waals surface area (Å²) < 4.78 is 5.21. The number of carbonyl (C=O) groups excluding carboxylic acids is 2. The van der Waals surface area contributed by atoms with Gasteiger partial charge in [-0.3, -0.25) is 14.5 Å². The van der Waals surface area contributed by atoms with Gasteiger partial charge in [0.1, 0.15) is 5.75 Å². The number of ether oxygens (including phenoxy) is 1. The average Bonchev–Trinajstić information content (AvgIpc) is 2.47. The van der Waals surface area contributed by atoms with Crippen molar-refractivity contribution < 1.29 is 14.3 Å². The fraction of sp³-hybridized carbons (Fsp3) is 0.467. The summed E-state index contributed by atoms with van der Waals surface area (Å²) in [5.41, 5.74) is 1.19. The van der Waals surface area contributed by atoms with Crippen LogP contribution in [0.2, 0.25) is 0 Å². The molecule has 2 rings (SSSR count). The van der Waals surface area contributed by atoms with Gasteiger partial charge in [0.15, 0.2) is 0 Å². The van der Waals surface area contributed by atoms with E-state index in [1.165, 1.54) is 12.5 Å². The van der Waals surface area contributed by atoms with Gasteiger partial charge in [-0.1, -0.05) is 12.1 Å². The molecule has 1 amide bonds. The van der Waals surface area contributed by atoms with Gasteiger partial charge in [-0.15, -0.1) is 0 Å². The fourth-order valence-corrected chi connectivity index (χ4v) is 2.36. The Bertz CT molecular complexity index is 494. The lowest BCUT2D eigenvalue weighted by Gasteiger charge is -2.34. The number of hydrogen-bond acceptors (Lipinski definition) is 4. The Morgan fingerprint density at radius 2 is 1.90 bits per heavy atom. The molecule has 1 aromatic rings. The van der Waals surface area contributed by atoms with Crippen LogP contribution in [0.25, 0.3) is 0 Å². The zero-order chi connectivity index (χ0) is 14.5. The third kappa shape index (κ3) is 3.57. The standard InChI is InChI=1S/C15H20N2O3/c1-12(18)15(19)17-8-6-16(7-9-17)11-13-4-3-5-14(10-13)20-2/h3-5,10H,6-9,11H2,1-2H3. The topological polar surface area (TPSA) is 49.9 Å². The highest BCUT2D eigenvalue weighted by molar-refractivity contribution is 6.35. The molecule has 1 aliphatic heterocycles. The molecule has 0 aromatic heterocycles. The quantitative estimate of drug-likeness (QED) is 0.768. The van der Waals surface area contributed by atoms with E-state index in [9.17, 15) is 9.59 Å². The van der Waals surface area contributed by atoms with Gasteiger partial charge in [0.2, 0.25) is 5.78 Å². The molecule has 1 saturated heterocycles. The molecule has 1 fully saturated rings. The van der Waals surface area contributed by atoms with Crippen LogP contribution in [0, 0.1) is 0 Å². The molecule has 0 atom stereocenters. The largest absolute Gasteiger partial charge is 0.497 e. The van der Waals surface area contributed by atoms with E-state index in [0.717, 1.165) is 25.4 Å². The lowest BCUT2D eigenvalue weighted by Crippen LogP contribution is -2.49. The average molecular weight is 276 g/mol. The monoisotopic (exact) mass is 276 g/mol. The van der Waals surface area contributed by atoms with Crippen LogP contribution in [-0.4, -0.2) is 54.8 Å². The van der Waals surface area contributed by atoms with Crippen LogP contribution in [0.4, 0.5) is 0 Å². The van der Waals surface area contributed by atoms with Crippen LogP contribution in [0.3, 0.4) is 0 Å². The second kappa shape index (κ2) is 6.52. The van der Waals surface area contributed by atoms with E-state index in [4.69, 9.17) is 4.74 Å². The minimum absolute atomic E-state index is 0.369. The number of nitrogens with zero attached hydrogens (tertiary/aromatic N) is 2. The summed E-state index contributed by atoms with van der Waals surface area (Å²) in [7, 11) is 1.66. The third-order valence-electron chi connectivity index (χ3n) is 3.50. The second-order valence-electron chi connectivity index (χ2n) is 4.98. The molecule has 1 aliphatic rings. The van der Waals surface area contributed by atoms with Crippen LogP contribution in [0.15, 0.2) is 24.3 Å². The van der Waals surface area contributed by atoms with Gasteiger partial charge in [-0.25, -0.2) is 0 Å². The molecule has 0 saturated carbocycles. The maximum Gasteiger partial charge on any atom is 0.289 e. The first-order chi connectivity index (χ1) is 9.60. The highest BCUT2D eigenvalue weighted by atomic mass is 16.5. The van der Waals surface area contributed by atoms with Crippen molar-refractivity contribution in [2.75, 3.05) is 33.3 Å². The highest BCUT2D eigenvalue weighted by Gasteiger charge is 2.23. The van der Waals surface area contributed by atoms with Gasteiger partial charge in [-0.05, 0) is 17.7 Å². The van der Waals surface area contributed by atoms with E-state index < -0.39 is 0 Å². The first-order valence-electron chi connectivity index (χ1n) is 6.75. The summed E-state index contributed by atoms with van der Waals surface area (Å²) in [6.45, 7) is 4.96. The van der Waals surface area contributed by atoms with Crippen molar-refractivity contribution >= 4 is 11.7 Å². The summed E-state index contributed by atoms with van der Waals surface area (Å²) in [5.74, 6) is 0.102. The number of benzene rings is 1. The highest BCUT2D eigenvalue weighted by Crippen LogP contribution is 2.15. The van der Waals surface area contributed by atoms with Gasteiger partial charge in [0, 0.05) is 39.6 Å². The van der Waals surface area contributed by atoms with Crippen LogP contribution < -0.4 is 4.74 Å². The van der Waals surface area contributed by atoms with Crippen molar-refractivity contribution in [1.29, 1.82) is 0 Å². The predicted octanol–water partition coefficient (Wildman–Crippen LogP) is 0.928. The minimum Gasteiger partial charge on any atom is -0.497 e. The van der Waals surface area contributed by atoms with Crippen molar-refractivity contribution in [2.24, 2.45) is 0 Å². The van der Waals surface area contributed by atoms with Crippen LogP contribution in [0.5, 0.6) is 5.75 Å². The zero-order valence-corrected chi connectivity index (χ0v) is 12.0. The van der Waals surface area contributed by atoms with Gasteiger partial charge in [-0.2, -0.15) is 0 Å². The predicted molar refractivity (Wildman–Crippen MR) is 75.5 cm³/mol. The van der Waals surface area contributed by atoms with E-state index in [1.807, 2.05) is 18.2 Å². The van der Waals surface area contributed by atoms with E-state index >= 15 is 0 Å². The van der Waals surface area contributed by atoms with E-state index in [0.29, 0.717) is 13.1 Å². The molecule has 1 aromatic carbocycles. The summed E-state index contributed by atoms with van der Waals surface area (Å²) in [5, 5.41) is 0. The summed E-state index contributed by atoms with van der Waals surface area (Å²) in [6.07, 6.45) is 0. The Balaban J connectivity index is 1.88. The molecule has 20 heavy (non-hydrogen) atoms. The molecular weight excluding hydrogens is 256 g/mol. The number of Topliss-reactive ketones (excluding diaryl/α,β-unsaturated/α-hetero) is 1. The number of ketones is 1. The van der Waals surface area contributed by atoms with Gasteiger partial charge >= 0.3 is 0 Å². The van der Waals surface area contributed by atoms with E-state index in [1.54, 1.807) is 12.0 Å². The molecule has 5 heteroatoms. The molecule has 0 unspecified atom stereocenters. The first-order valence-corrected chi connectivity index (χ1v) is 6.75. The van der Waals surface area contributed by atoms with Gasteiger partial charge in [0.25, 0.3) is 5.91 Å². The minimum atomic E-state index is -0.383. The Kier molecular flexibility index (Phi) is 4.74. The lowest BCUT2D eigenvalue weighted by atomic mass is 10.2. The maximum atomic E-state index is 11.6. The number of hydrogen-bond donors (Lipinski definition) is 0. The SMILES string of the molecule is COc1cccc(CN2CCN(C(=O)C(C)=O)CC2)c1. The molecule has 0 bridgehead atoms. The van der Waals surface area contributed by atoms with Gasteiger partial charge in [0.05, 0.1) is 7.11 Å². The van der Waals surface area contributed by atoms with Crippen LogP contribution >= 0.6 is 0 Å². The number of rotatable bonds is 4. The molecule has 0 aliphatic carbocycles. The smallest absolute Gasteiger partial charge is 0.289 e. The maximum absolute atomic E-state index is 11.6. The van der Waals surface area contributed by atoms with Crippen molar-refractivity contribution in [3.63, 3.8) is 0 Å². The zero-order valence-electron chi connectivity index (χ0n) is 12.0. The molecule has 0 N–H and O–H groups in total. The van der Waals surface area contributed by atoms with E-state index in [2.05, 4.69) is 11.0 Å². The Morgan fingerprint density at radius 1 is 1.20 bits per heavy atom. The molecular formula is C15H20N2O3. The van der Waals surface area contributed by atoms with Crippen molar-refractivity contribution in [2.45, 2.75) is 13.5 Å². The second-order valence-corrected chi connectivity index (χ2v) is 4.98. The van der Waals surface area contributed by atoms with Crippen molar-refractivity contribution in [3.8, 4) is 5.75 Å². The lowest BCUT2D eigenvalue weighted by molar-refractivity contribution is -0.144. The normalized spacial score (nSPS) is 16.0. The number of methoxy groups -OCH3 is 1. The van der Waals surface area contributed by atoms with Crippen LogP contribution in [0.1, 0.15) is 12.5 Å². The Labute approximate surface area is 119 Å². The molecule has 1 heterocycles. The summed E-state index contributed by atoms with van der Waals surface area (Å²) in [6, 6.07) is 7.99. The third-order valence-corrected chi connectivity index (χ3v) is 3.50. The van der Waals surface area contributed by atoms with Crippen molar-refractivity contribution in [3.05, 3.63) is 29.8 Å². The van der Waals surface area contributed by atoms with Crippen LogP contribution in [-0.2, 0) is 16.1 Å². The molecule has 0 radical (unpaired) electrons. The number of piperazine rings is 1. The summed E-state index contributed by atoms with van der Waals surface area (Å²) >= 11 is 0.